The third-order valence-electron chi connectivity index (χ3n) is 6.28. The second-order valence-corrected chi connectivity index (χ2v) is 8.01. The first kappa shape index (κ1) is 17.0. The molecule has 1 aromatic rings. The molecule has 1 aliphatic carbocycles. The molecule has 0 amide bonds. The first-order chi connectivity index (χ1) is 12.3. The zero-order valence-electron chi connectivity index (χ0n) is 15.5. The number of hydrogen-bond acceptors (Lipinski definition) is 4. The van der Waals surface area contributed by atoms with Gasteiger partial charge in [0, 0.05) is 17.8 Å². The molecule has 0 bridgehead atoms. The molecule has 0 radical (unpaired) electrons. The highest BCUT2D eigenvalue weighted by Gasteiger charge is 2.37. The van der Waals surface area contributed by atoms with Crippen molar-refractivity contribution in [3.05, 3.63) is 28.8 Å². The third-order valence-corrected chi connectivity index (χ3v) is 6.28. The van der Waals surface area contributed by atoms with Crippen LogP contribution in [0.15, 0.2) is 23.2 Å². The molecule has 1 aromatic carbocycles. The fourth-order valence-electron chi connectivity index (χ4n) is 5.06. The maximum atomic E-state index is 6.21. The van der Waals surface area contributed by atoms with Gasteiger partial charge in [-0.1, -0.05) is 51.2 Å². The Balaban J connectivity index is 1.65. The van der Waals surface area contributed by atoms with Crippen molar-refractivity contribution in [2.45, 2.75) is 70.4 Å². The Morgan fingerprint density at radius 2 is 2.04 bits per heavy atom. The highest BCUT2D eigenvalue weighted by molar-refractivity contribution is 5.61. The molecule has 4 nitrogen and oxygen atoms in total. The van der Waals surface area contributed by atoms with E-state index in [4.69, 9.17) is 10.7 Å². The number of nitrogen functional groups attached to an aromatic ring is 1. The van der Waals surface area contributed by atoms with Crippen LogP contribution in [0.1, 0.15) is 58.3 Å². The number of hydrogen-bond donors (Lipinski definition) is 2. The van der Waals surface area contributed by atoms with Crippen LogP contribution in [-0.2, 0) is 0 Å². The summed E-state index contributed by atoms with van der Waals surface area (Å²) >= 11 is 0. The van der Waals surface area contributed by atoms with Gasteiger partial charge >= 0.3 is 0 Å². The number of hydrazine groups is 1. The molecule has 0 aromatic heterocycles. The van der Waals surface area contributed by atoms with Gasteiger partial charge in [0.15, 0.2) is 0 Å². The summed E-state index contributed by atoms with van der Waals surface area (Å²) in [5, 5.41) is 4.81. The molecule has 4 heteroatoms. The highest BCUT2D eigenvalue weighted by Crippen LogP contribution is 2.32. The van der Waals surface area contributed by atoms with E-state index in [0.717, 1.165) is 30.1 Å². The largest absolute Gasteiger partial charge is 0.397 e. The predicted octanol–water partition coefficient (Wildman–Crippen LogP) is 2.38. The smallest absolute Gasteiger partial charge is 0.0877 e. The zero-order valence-corrected chi connectivity index (χ0v) is 15.5. The summed E-state index contributed by atoms with van der Waals surface area (Å²) in [5.74, 6) is 0.936. The number of nitrogens with one attached hydrogen (secondary N) is 1. The van der Waals surface area contributed by atoms with E-state index in [1.807, 2.05) is 6.07 Å². The second-order valence-electron chi connectivity index (χ2n) is 8.01. The summed E-state index contributed by atoms with van der Waals surface area (Å²) in [6.45, 7) is 4.19. The fourth-order valence-corrected chi connectivity index (χ4v) is 5.06. The lowest BCUT2D eigenvalue weighted by molar-refractivity contribution is 0.170. The van der Waals surface area contributed by atoms with Crippen LogP contribution in [-0.4, -0.2) is 30.2 Å². The highest BCUT2D eigenvalue weighted by atomic mass is 15.6. The van der Waals surface area contributed by atoms with Gasteiger partial charge in [-0.3, -0.25) is 4.99 Å². The van der Waals surface area contributed by atoms with Crippen LogP contribution in [0.2, 0.25) is 0 Å². The quantitative estimate of drug-likeness (QED) is 0.809. The van der Waals surface area contributed by atoms with Gasteiger partial charge in [0.1, 0.15) is 0 Å². The van der Waals surface area contributed by atoms with Gasteiger partial charge in [-0.05, 0) is 36.8 Å². The monoisotopic (exact) mass is 340 g/mol. The Bertz CT molecular complexity index is 720. The van der Waals surface area contributed by atoms with Crippen molar-refractivity contribution >= 4 is 11.3 Å². The van der Waals surface area contributed by atoms with Crippen LogP contribution in [0.5, 0.6) is 0 Å². The summed E-state index contributed by atoms with van der Waals surface area (Å²) in [6.07, 6.45) is 11.0. The van der Waals surface area contributed by atoms with E-state index >= 15 is 0 Å². The van der Waals surface area contributed by atoms with E-state index in [1.165, 1.54) is 56.6 Å². The minimum Gasteiger partial charge on any atom is -0.397 e. The van der Waals surface area contributed by atoms with Crippen LogP contribution < -0.4 is 21.7 Å². The first-order valence-electron chi connectivity index (χ1n) is 10.2. The maximum absolute atomic E-state index is 6.21. The topological polar surface area (TPSA) is 53.6 Å². The molecule has 25 heavy (non-hydrogen) atoms. The van der Waals surface area contributed by atoms with Crippen LogP contribution in [0, 0.1) is 5.92 Å². The van der Waals surface area contributed by atoms with E-state index in [9.17, 15) is 0 Å². The van der Waals surface area contributed by atoms with Crippen LogP contribution >= 0.6 is 0 Å². The first-order valence-corrected chi connectivity index (χ1v) is 10.2. The minimum absolute atomic E-state index is 0.359. The zero-order chi connectivity index (χ0) is 17.2. The number of rotatable bonds is 5. The number of nitrogens with zero attached hydrogens (tertiary/aromatic N) is 2. The van der Waals surface area contributed by atoms with E-state index in [-0.39, 0.29) is 0 Å². The molecule has 136 valence electrons. The van der Waals surface area contributed by atoms with Gasteiger partial charge in [0.25, 0.3) is 0 Å². The maximum Gasteiger partial charge on any atom is 0.0877 e. The van der Waals surface area contributed by atoms with Gasteiger partial charge in [-0.25, -0.2) is 10.4 Å². The summed E-state index contributed by atoms with van der Waals surface area (Å²) in [6, 6.07) is 7.15. The predicted molar refractivity (Wildman–Crippen MR) is 103 cm³/mol. The lowest BCUT2D eigenvalue weighted by atomic mass is 9.83. The molecular formula is C21H32N4. The second kappa shape index (κ2) is 7.46. The molecule has 0 spiro atoms. The van der Waals surface area contributed by atoms with E-state index in [1.54, 1.807) is 5.57 Å². The number of anilines is 1. The molecule has 1 saturated heterocycles. The fraction of sp³-hybridized carbons (Fsp3) is 0.667. The molecule has 2 aliphatic heterocycles. The Labute approximate surface area is 151 Å². The van der Waals surface area contributed by atoms with Crippen molar-refractivity contribution < 1.29 is 0 Å². The van der Waals surface area contributed by atoms with E-state index in [0.29, 0.717) is 12.1 Å². The molecule has 3 aliphatic rings. The van der Waals surface area contributed by atoms with Gasteiger partial charge in [-0.2, -0.15) is 0 Å². The average Bonchev–Trinajstić information content (AvgIpc) is 2.99. The van der Waals surface area contributed by atoms with Crippen LogP contribution in [0.25, 0.3) is 5.57 Å². The summed E-state index contributed by atoms with van der Waals surface area (Å²) in [4.78, 5) is 4.78. The number of benzene rings is 1. The van der Waals surface area contributed by atoms with E-state index < -0.39 is 0 Å². The van der Waals surface area contributed by atoms with Gasteiger partial charge in [-0.15, -0.1) is 0 Å². The molecule has 2 heterocycles. The molecule has 1 saturated carbocycles. The lowest BCUT2D eigenvalue weighted by Crippen LogP contribution is -2.42. The normalized spacial score (nSPS) is 27.0. The van der Waals surface area contributed by atoms with Crippen LogP contribution in [0.4, 0.5) is 5.69 Å². The van der Waals surface area contributed by atoms with E-state index in [2.05, 4.69) is 29.5 Å². The third kappa shape index (κ3) is 3.34. The number of para-hydroxylation sites is 1. The van der Waals surface area contributed by atoms with Crippen LogP contribution in [0.3, 0.4) is 0 Å². The molecule has 2 fully saturated rings. The average molecular weight is 341 g/mol. The van der Waals surface area contributed by atoms with Gasteiger partial charge in [0.05, 0.1) is 23.6 Å². The molecule has 4 rings (SSSR count). The molecule has 2 atom stereocenters. The van der Waals surface area contributed by atoms with Crippen molar-refractivity contribution in [3.63, 3.8) is 0 Å². The summed E-state index contributed by atoms with van der Waals surface area (Å²) in [5.41, 5.74) is 12.3. The Kier molecular flexibility index (Phi) is 5.09. The van der Waals surface area contributed by atoms with Gasteiger partial charge < -0.3 is 5.73 Å². The molecular weight excluding hydrogens is 308 g/mol. The summed E-state index contributed by atoms with van der Waals surface area (Å²) in [7, 11) is 0. The Hall–Kier alpha value is -1.39. The van der Waals surface area contributed by atoms with Crippen molar-refractivity contribution in [3.8, 4) is 0 Å². The van der Waals surface area contributed by atoms with Crippen molar-refractivity contribution in [1.82, 2.24) is 10.4 Å². The SMILES string of the molecule is CCCN1NC2CN=c3c(N)cccc3=C2C1CCC1CCCCC1. The standard InChI is InChI=1S/C21H32N4/c1-2-13-25-19(12-11-15-7-4-3-5-8-15)20-16-9-6-10-17(22)21(16)23-14-18(20)24-25/h6,9-10,15,18-19,24H,2-5,7-8,11-14,22H2,1H3. The van der Waals surface area contributed by atoms with Gasteiger partial charge in [0.2, 0.25) is 0 Å². The molecule has 3 N–H and O–H groups in total. The van der Waals surface area contributed by atoms with Crippen molar-refractivity contribution in [2.75, 3.05) is 18.8 Å². The lowest BCUT2D eigenvalue weighted by Gasteiger charge is -2.27. The van der Waals surface area contributed by atoms with Crippen molar-refractivity contribution in [2.24, 2.45) is 10.9 Å². The molecule has 2 unspecified atom stereocenters. The summed E-state index contributed by atoms with van der Waals surface area (Å²) < 4.78 is 0. The number of fused-ring (bicyclic) bond motifs is 2. The Morgan fingerprint density at radius 3 is 2.84 bits per heavy atom. The minimum atomic E-state index is 0.359. The number of nitrogens with two attached hydrogens (primary N) is 1. The van der Waals surface area contributed by atoms with Crippen molar-refractivity contribution in [1.29, 1.82) is 0 Å². The Morgan fingerprint density at radius 1 is 1.20 bits per heavy atom.